The lowest BCUT2D eigenvalue weighted by molar-refractivity contribution is -0.140. The molecule has 4 saturated carbocycles. The third kappa shape index (κ3) is 17.8. The highest BCUT2D eigenvalue weighted by molar-refractivity contribution is 5.93. The standard InChI is InChI=1S/C52H60N8O8.C44H50N6O4.3CH4/c1-65-50(63)57-43(32-13-19-67-20-14-32)48(61)59-29-52(17-18-52)26-42(59)46-53-28-41(55-46)37-10-9-35-23-34(7-8-36(35)24-37)30-3-5-31(6-4-30)40-27-54-47(56-40)45-38-11-12-39(25-38)60(45)49(62)44(58-51(64)66-2)33-15-21-68-22-16-33;1-42(2,3)53-40(51)49-25-44(17-18-44)22-36(49)38-45-24-35(47-38)31-14-13-29-19-28(11-12-30(29)20-31)26-7-9-27(10-8-26)34-23-46-39(48-34)37-32-15-16-33(21-32)50(37)41(52)54-43(4,5)6;;;/h3-10,23-24,27-28,32-33,38-39,42-45H,11-22,25-26,29H2,1-2H3,(H,53,55)(H,54,56)(H,57,63)(H,58,64);7-14,19-20,23-24,32-33,36-37H,15-18,21-22,25H2,1-6H3,(H,45,47)(H,46,48);3*1H4/t38-,39+,42-,43-,44-,45-;32-,33+,36-,37-;;;/m00.../s1. The van der Waals surface area contributed by atoms with Gasteiger partial charge in [-0.3, -0.25) is 19.4 Å². The summed E-state index contributed by atoms with van der Waals surface area (Å²) in [5, 5.41) is 10.3. The van der Waals surface area contributed by atoms with Crippen LogP contribution < -0.4 is 10.6 Å². The van der Waals surface area contributed by atoms with Crippen molar-refractivity contribution in [1.29, 1.82) is 0 Å². The molecule has 20 rings (SSSR count). The number of methoxy groups -OCH3 is 2. The third-order valence-corrected chi connectivity index (χ3v) is 27.7. The predicted molar refractivity (Wildman–Crippen MR) is 480 cm³/mol. The van der Waals surface area contributed by atoms with Gasteiger partial charge in [0.05, 0.1) is 86.0 Å². The summed E-state index contributed by atoms with van der Waals surface area (Å²) >= 11 is 0. The van der Waals surface area contributed by atoms with E-state index in [1.54, 1.807) is 0 Å². The van der Waals surface area contributed by atoms with E-state index in [-0.39, 0.29) is 105 Å². The van der Waals surface area contributed by atoms with Crippen LogP contribution in [0, 0.1) is 34.5 Å². The molecule has 6 N–H and O–H groups in total. The third-order valence-electron chi connectivity index (χ3n) is 27.7. The van der Waals surface area contributed by atoms with Crippen molar-refractivity contribution in [2.45, 2.75) is 226 Å². The molecule has 10 atom stereocenters. The smallest absolute Gasteiger partial charge is 0.411 e. The number of rotatable bonds is 16. The minimum absolute atomic E-state index is 0. The maximum Gasteiger partial charge on any atom is 0.411 e. The molecule has 125 heavy (non-hydrogen) atoms. The second-order valence-electron chi connectivity index (χ2n) is 38.1. The number of aromatic amines is 4. The molecule has 10 fully saturated rings. The average molecular weight is 1700 g/mol. The van der Waals surface area contributed by atoms with Gasteiger partial charge in [-0.1, -0.05) is 119 Å². The number of ether oxygens (including phenoxy) is 6. The first-order valence-corrected chi connectivity index (χ1v) is 43.9. The summed E-state index contributed by atoms with van der Waals surface area (Å²) in [6.07, 6.45) is 20.8. The van der Waals surface area contributed by atoms with Gasteiger partial charge in [0.2, 0.25) is 11.8 Å². The molecule has 6 saturated heterocycles. The van der Waals surface area contributed by atoms with Crippen molar-refractivity contribution in [3.8, 4) is 67.3 Å². The fourth-order valence-corrected chi connectivity index (χ4v) is 21.0. The van der Waals surface area contributed by atoms with Gasteiger partial charge < -0.3 is 68.8 Å². The second kappa shape index (κ2) is 34.9. The highest BCUT2D eigenvalue weighted by Gasteiger charge is 2.58. The predicted octanol–water partition coefficient (Wildman–Crippen LogP) is 19.8. The summed E-state index contributed by atoms with van der Waals surface area (Å²) in [4.78, 5) is 121. The lowest BCUT2D eigenvalue weighted by atomic mass is 9.89. The topological polar surface area (TPSA) is 310 Å². The lowest BCUT2D eigenvalue weighted by Gasteiger charge is -2.39. The van der Waals surface area contributed by atoms with Crippen molar-refractivity contribution in [2.24, 2.45) is 34.5 Å². The van der Waals surface area contributed by atoms with Gasteiger partial charge in [0.25, 0.3) is 0 Å². The molecule has 10 aliphatic rings. The van der Waals surface area contributed by atoms with Gasteiger partial charge in [-0.25, -0.2) is 39.1 Å². The van der Waals surface area contributed by atoms with Gasteiger partial charge in [-0.2, -0.15) is 0 Å². The molecular formula is C99H122N14O12. The summed E-state index contributed by atoms with van der Waals surface area (Å²) in [5.41, 5.74) is 11.4. The Morgan fingerprint density at radius 2 is 0.760 bits per heavy atom. The average Bonchev–Trinajstić information content (AvgIpc) is 1.60. The van der Waals surface area contributed by atoms with E-state index in [1.165, 1.54) is 14.2 Å². The summed E-state index contributed by atoms with van der Waals surface area (Å²) in [6, 6.07) is 41.3. The number of benzene rings is 6. The number of nitrogens with zero attached hydrogens (tertiary/aromatic N) is 8. The van der Waals surface area contributed by atoms with Gasteiger partial charge in [0, 0.05) is 62.7 Å². The normalized spacial score (nSPS) is 23.2. The summed E-state index contributed by atoms with van der Waals surface area (Å²) in [7, 11) is 2.65. The monoisotopic (exact) mass is 1700 g/mol. The highest BCUT2D eigenvalue weighted by Crippen LogP contribution is 2.60. The van der Waals surface area contributed by atoms with E-state index in [2.05, 4.69) is 152 Å². The lowest BCUT2D eigenvalue weighted by Crippen LogP contribution is -2.55. The fraction of sp³-hybridized carbons (Fsp3) is 0.495. The molecule has 0 unspecified atom stereocenters. The molecule has 660 valence electrons. The Morgan fingerprint density at radius 1 is 0.416 bits per heavy atom. The Hall–Kier alpha value is -11.4. The van der Waals surface area contributed by atoms with Crippen molar-refractivity contribution >= 4 is 57.7 Å². The highest BCUT2D eigenvalue weighted by atomic mass is 16.6. The van der Waals surface area contributed by atoms with E-state index in [4.69, 9.17) is 48.4 Å². The zero-order chi connectivity index (χ0) is 84.1. The maximum atomic E-state index is 14.4. The van der Waals surface area contributed by atoms with Gasteiger partial charge in [0.1, 0.15) is 46.6 Å². The fourth-order valence-electron chi connectivity index (χ4n) is 21.0. The number of amides is 6. The van der Waals surface area contributed by atoms with Crippen LogP contribution in [-0.2, 0) is 38.0 Å². The van der Waals surface area contributed by atoms with Gasteiger partial charge >= 0.3 is 24.4 Å². The summed E-state index contributed by atoms with van der Waals surface area (Å²) in [6.45, 7) is 15.1. The summed E-state index contributed by atoms with van der Waals surface area (Å²) < 4.78 is 32.6. The number of carbonyl (C=O) groups is 6. The molecule has 6 aliphatic heterocycles. The maximum absolute atomic E-state index is 14.4. The molecule has 4 bridgehead atoms. The Bertz CT molecular complexity index is 5600. The SMILES string of the molecule is C.C.C.CC(C)(C)OC(=O)N1CC2(CC2)C[C@H]1c1ncc(-c2ccc3cc(-c4ccc(-c5cnc([C@@H]6[C@H]7CC[C@H](C7)N6C(=O)OC(C)(C)C)[nH]5)cc4)ccc3c2)[nH]1.COC(=O)N[C@H](C(=O)N1CC2(CC2)C[C@H]1c1ncc(-c2ccc3cc(-c4ccc(-c5cnc([C@@H]6[C@H]7CC[C@H](C7)N6C(=O)[C@@H](NC(=O)OC)C6CCOCC6)[nH]5)cc4)ccc3c2)[nH]1)C1CCOCC1. The molecular weight excluding hydrogens is 1580 g/mol. The number of imidazole rings is 4. The molecule has 0 radical (unpaired) electrons. The van der Waals surface area contributed by atoms with Crippen LogP contribution in [0.5, 0.6) is 0 Å². The van der Waals surface area contributed by atoms with Crippen molar-refractivity contribution in [3.63, 3.8) is 0 Å². The molecule has 2 spiro atoms. The molecule has 6 amide bonds. The minimum Gasteiger partial charge on any atom is -0.453 e. The number of nitrogens with one attached hydrogen (secondary N) is 6. The Morgan fingerprint density at radius 3 is 1.18 bits per heavy atom. The van der Waals surface area contributed by atoms with Crippen LogP contribution in [0.2, 0.25) is 0 Å². The minimum atomic E-state index is -0.685. The van der Waals surface area contributed by atoms with E-state index in [0.717, 1.165) is 196 Å². The van der Waals surface area contributed by atoms with Crippen molar-refractivity contribution in [3.05, 3.63) is 169 Å². The Balaban J connectivity index is 0.000000185. The van der Waals surface area contributed by atoms with Crippen molar-refractivity contribution in [1.82, 2.24) is 70.1 Å². The first-order chi connectivity index (χ1) is 58.9. The first kappa shape index (κ1) is 87.1. The number of alkyl carbamates (subject to hydrolysis) is 2. The zero-order valence-corrected chi connectivity index (χ0v) is 70.8. The number of aromatic nitrogens is 8. The van der Waals surface area contributed by atoms with E-state index in [1.807, 2.05) is 85.9 Å². The number of likely N-dealkylation sites (tertiary alicyclic amines) is 4. The van der Waals surface area contributed by atoms with Crippen molar-refractivity contribution in [2.75, 3.05) is 53.7 Å². The Kier molecular flexibility index (Phi) is 24.3. The number of carbonyl (C=O) groups excluding carboxylic acids is 6. The first-order valence-electron chi connectivity index (χ1n) is 43.9. The van der Waals surface area contributed by atoms with Crippen LogP contribution in [0.25, 0.3) is 88.8 Å². The molecule has 4 aromatic heterocycles. The van der Waals surface area contributed by atoms with Crippen LogP contribution in [0.15, 0.2) is 146 Å². The molecule has 26 heteroatoms. The molecule has 26 nitrogen and oxygen atoms in total. The number of hydrogen-bond donors (Lipinski definition) is 6. The molecule has 10 aromatic rings. The molecule has 6 aromatic carbocycles. The van der Waals surface area contributed by atoms with E-state index in [9.17, 15) is 28.8 Å². The van der Waals surface area contributed by atoms with Crippen LogP contribution in [0.4, 0.5) is 19.2 Å². The van der Waals surface area contributed by atoms with E-state index in [0.29, 0.717) is 70.5 Å². The quantitative estimate of drug-likeness (QED) is 0.0490. The largest absolute Gasteiger partial charge is 0.453 e. The van der Waals surface area contributed by atoms with Crippen LogP contribution in [0.3, 0.4) is 0 Å². The zero-order valence-electron chi connectivity index (χ0n) is 70.8. The summed E-state index contributed by atoms with van der Waals surface area (Å²) in [5.74, 6) is 3.69. The molecule has 10 heterocycles. The van der Waals surface area contributed by atoms with Gasteiger partial charge in [-0.05, 0) is 258 Å². The Labute approximate surface area is 732 Å². The number of H-pyrrole nitrogens is 4. The van der Waals surface area contributed by atoms with E-state index < -0.39 is 35.5 Å². The number of piperidine rings is 2. The van der Waals surface area contributed by atoms with Crippen LogP contribution in [0.1, 0.15) is 214 Å². The van der Waals surface area contributed by atoms with Crippen LogP contribution in [-0.4, -0.2) is 185 Å². The van der Waals surface area contributed by atoms with Crippen LogP contribution >= 0.6 is 0 Å². The second-order valence-corrected chi connectivity index (χ2v) is 38.1. The number of hydrogen-bond acceptors (Lipinski definition) is 16. The van der Waals surface area contributed by atoms with E-state index >= 15 is 0 Å². The number of fused-ring (bicyclic) bond motifs is 6. The molecule has 4 aliphatic carbocycles. The van der Waals surface area contributed by atoms with Gasteiger partial charge in [-0.15, -0.1) is 0 Å². The van der Waals surface area contributed by atoms with Gasteiger partial charge in [0.15, 0.2) is 0 Å². The van der Waals surface area contributed by atoms with Crippen molar-refractivity contribution < 1.29 is 57.2 Å².